The summed E-state index contributed by atoms with van der Waals surface area (Å²) in [5.74, 6) is 0. The third kappa shape index (κ3) is 1.32. The molecule has 0 amide bonds. The van der Waals surface area contributed by atoms with Crippen LogP contribution in [0.25, 0.3) is 20.2 Å². The molecule has 0 bridgehead atoms. The minimum Gasteiger partial charge on any atom is -0.399 e. The first kappa shape index (κ1) is 9.48. The Balaban J connectivity index is 2.41. The van der Waals surface area contributed by atoms with Crippen molar-refractivity contribution in [3.05, 3.63) is 36.4 Å². The van der Waals surface area contributed by atoms with Gasteiger partial charge in [-0.1, -0.05) is 6.07 Å². The van der Waals surface area contributed by atoms with E-state index < -0.39 is 0 Å². The molecule has 80 valence electrons. The predicted molar refractivity (Wildman–Crippen MR) is 73.3 cm³/mol. The van der Waals surface area contributed by atoms with E-state index in [4.69, 9.17) is 5.73 Å². The van der Waals surface area contributed by atoms with Gasteiger partial charge in [-0.3, -0.25) is 0 Å². The number of fused-ring (bicyclic) bond motifs is 3. The van der Waals surface area contributed by atoms with Gasteiger partial charge in [0.15, 0.2) is 0 Å². The molecule has 0 aliphatic heterocycles. The monoisotopic (exact) mass is 228 g/mol. The average Bonchev–Trinajstić information content (AvgIpc) is 2.66. The highest BCUT2D eigenvalue weighted by Gasteiger charge is 2.05. The van der Waals surface area contributed by atoms with Gasteiger partial charge in [0.25, 0.3) is 0 Å². The number of hydrogen-bond donors (Lipinski definition) is 2. The first-order chi connectivity index (χ1) is 7.78. The molecule has 16 heavy (non-hydrogen) atoms. The molecule has 0 aliphatic rings. The zero-order chi connectivity index (χ0) is 11.1. The van der Waals surface area contributed by atoms with Crippen molar-refractivity contribution in [2.75, 3.05) is 18.1 Å². The van der Waals surface area contributed by atoms with E-state index in [9.17, 15) is 0 Å². The summed E-state index contributed by atoms with van der Waals surface area (Å²) in [6.07, 6.45) is 0. The summed E-state index contributed by atoms with van der Waals surface area (Å²) >= 11 is 1.80. The lowest BCUT2D eigenvalue weighted by Crippen LogP contribution is -1.85. The van der Waals surface area contributed by atoms with Crippen LogP contribution in [0.3, 0.4) is 0 Å². The van der Waals surface area contributed by atoms with Crippen molar-refractivity contribution in [3.63, 3.8) is 0 Å². The Morgan fingerprint density at radius 1 is 1.00 bits per heavy atom. The van der Waals surface area contributed by atoms with Gasteiger partial charge in [-0.05, 0) is 30.3 Å². The van der Waals surface area contributed by atoms with Crippen LogP contribution in [0.5, 0.6) is 0 Å². The van der Waals surface area contributed by atoms with Gasteiger partial charge in [0.1, 0.15) is 0 Å². The fourth-order valence-corrected chi connectivity index (χ4v) is 3.08. The first-order valence-electron chi connectivity index (χ1n) is 5.17. The predicted octanol–water partition coefficient (Wildman–Crippen LogP) is 3.68. The molecule has 0 radical (unpaired) electrons. The van der Waals surface area contributed by atoms with Crippen LogP contribution in [0, 0.1) is 0 Å². The van der Waals surface area contributed by atoms with Crippen LogP contribution < -0.4 is 11.1 Å². The largest absolute Gasteiger partial charge is 0.399 e. The summed E-state index contributed by atoms with van der Waals surface area (Å²) in [6, 6.07) is 12.5. The van der Waals surface area contributed by atoms with E-state index in [-0.39, 0.29) is 0 Å². The number of nitrogen functional groups attached to an aromatic ring is 1. The van der Waals surface area contributed by atoms with Gasteiger partial charge in [0.05, 0.1) is 0 Å². The van der Waals surface area contributed by atoms with Crippen LogP contribution in [0.2, 0.25) is 0 Å². The topological polar surface area (TPSA) is 38.0 Å². The minimum absolute atomic E-state index is 0.824. The van der Waals surface area contributed by atoms with Gasteiger partial charge in [0, 0.05) is 38.6 Å². The molecule has 0 spiro atoms. The van der Waals surface area contributed by atoms with Crippen LogP contribution in [-0.2, 0) is 0 Å². The quantitative estimate of drug-likeness (QED) is 0.623. The molecule has 0 aliphatic carbocycles. The van der Waals surface area contributed by atoms with Gasteiger partial charge >= 0.3 is 0 Å². The van der Waals surface area contributed by atoms with E-state index in [1.54, 1.807) is 11.3 Å². The maximum atomic E-state index is 5.82. The van der Waals surface area contributed by atoms with Crippen LogP contribution in [0.15, 0.2) is 36.4 Å². The van der Waals surface area contributed by atoms with Crippen LogP contribution in [0.4, 0.5) is 11.4 Å². The molecule has 1 aromatic heterocycles. The summed E-state index contributed by atoms with van der Waals surface area (Å²) in [5.41, 5.74) is 7.79. The second kappa shape index (κ2) is 3.39. The molecule has 2 nitrogen and oxygen atoms in total. The first-order valence-corrected chi connectivity index (χ1v) is 5.99. The SMILES string of the molecule is CNc1ccc2c(c1)sc1ccc(N)cc12. The molecule has 0 fully saturated rings. The highest BCUT2D eigenvalue weighted by molar-refractivity contribution is 7.25. The minimum atomic E-state index is 0.824. The Morgan fingerprint density at radius 3 is 2.69 bits per heavy atom. The number of nitrogens with two attached hydrogens (primary N) is 1. The highest BCUT2D eigenvalue weighted by Crippen LogP contribution is 2.36. The molecule has 0 saturated carbocycles. The molecule has 3 heteroatoms. The molecule has 3 N–H and O–H groups in total. The summed E-state index contributed by atoms with van der Waals surface area (Å²) in [4.78, 5) is 0. The van der Waals surface area contributed by atoms with Gasteiger partial charge < -0.3 is 11.1 Å². The molecule has 2 aromatic carbocycles. The molecule has 3 rings (SSSR count). The van der Waals surface area contributed by atoms with E-state index >= 15 is 0 Å². The van der Waals surface area contributed by atoms with E-state index in [1.165, 1.54) is 20.2 Å². The fraction of sp³-hybridized carbons (Fsp3) is 0.0769. The van der Waals surface area contributed by atoms with E-state index in [1.807, 2.05) is 19.2 Å². The normalized spacial score (nSPS) is 11.1. The van der Waals surface area contributed by atoms with Crippen molar-refractivity contribution in [3.8, 4) is 0 Å². The van der Waals surface area contributed by atoms with Gasteiger partial charge in [-0.2, -0.15) is 0 Å². The number of hydrogen-bond acceptors (Lipinski definition) is 3. The lowest BCUT2D eigenvalue weighted by atomic mass is 10.1. The third-order valence-electron chi connectivity index (χ3n) is 2.78. The van der Waals surface area contributed by atoms with Crippen molar-refractivity contribution in [2.24, 2.45) is 0 Å². The van der Waals surface area contributed by atoms with E-state index in [0.29, 0.717) is 0 Å². The van der Waals surface area contributed by atoms with Crippen molar-refractivity contribution in [1.29, 1.82) is 0 Å². The Kier molecular flexibility index (Phi) is 2.01. The van der Waals surface area contributed by atoms with E-state index in [2.05, 4.69) is 29.6 Å². The van der Waals surface area contributed by atoms with Gasteiger partial charge in [0.2, 0.25) is 0 Å². The maximum Gasteiger partial charge on any atom is 0.0375 e. The maximum absolute atomic E-state index is 5.82. The lowest BCUT2D eigenvalue weighted by Gasteiger charge is -1.98. The second-order valence-corrected chi connectivity index (χ2v) is 4.90. The summed E-state index contributed by atoms with van der Waals surface area (Å²) in [6.45, 7) is 0. The Hall–Kier alpha value is -1.74. The number of benzene rings is 2. The fourth-order valence-electron chi connectivity index (χ4n) is 1.95. The van der Waals surface area contributed by atoms with Crippen LogP contribution in [0.1, 0.15) is 0 Å². The molecule has 0 saturated heterocycles. The molecule has 3 aromatic rings. The van der Waals surface area contributed by atoms with Crippen molar-refractivity contribution >= 4 is 42.9 Å². The van der Waals surface area contributed by atoms with Crippen molar-refractivity contribution in [1.82, 2.24) is 0 Å². The van der Waals surface area contributed by atoms with E-state index in [0.717, 1.165) is 11.4 Å². The van der Waals surface area contributed by atoms with Crippen LogP contribution in [-0.4, -0.2) is 7.05 Å². The zero-order valence-corrected chi connectivity index (χ0v) is 9.77. The standard InChI is InChI=1S/C13H12N2S/c1-15-9-3-4-10-11-6-8(14)2-5-12(11)16-13(10)7-9/h2-7,15H,14H2,1H3. The Labute approximate surface area is 97.7 Å². The summed E-state index contributed by atoms with van der Waals surface area (Å²) < 4.78 is 2.59. The number of anilines is 2. The van der Waals surface area contributed by atoms with Crippen molar-refractivity contribution < 1.29 is 0 Å². The molecule has 1 heterocycles. The smallest absolute Gasteiger partial charge is 0.0375 e. The number of rotatable bonds is 1. The van der Waals surface area contributed by atoms with Crippen molar-refractivity contribution in [2.45, 2.75) is 0 Å². The Morgan fingerprint density at radius 2 is 1.88 bits per heavy atom. The Bertz CT molecular complexity index is 670. The number of thiophene rings is 1. The molecule has 0 atom stereocenters. The molecular weight excluding hydrogens is 216 g/mol. The highest BCUT2D eigenvalue weighted by atomic mass is 32.1. The molecule has 0 unspecified atom stereocenters. The zero-order valence-electron chi connectivity index (χ0n) is 8.95. The number of nitrogens with one attached hydrogen (secondary N) is 1. The third-order valence-corrected chi connectivity index (χ3v) is 3.92. The van der Waals surface area contributed by atoms with Gasteiger partial charge in [-0.15, -0.1) is 11.3 Å². The van der Waals surface area contributed by atoms with Crippen LogP contribution >= 0.6 is 11.3 Å². The summed E-state index contributed by atoms with van der Waals surface area (Å²) in [5, 5.41) is 5.69. The average molecular weight is 228 g/mol. The summed E-state index contributed by atoms with van der Waals surface area (Å²) in [7, 11) is 1.94. The lowest BCUT2D eigenvalue weighted by molar-refractivity contribution is 1.54. The van der Waals surface area contributed by atoms with Gasteiger partial charge in [-0.25, -0.2) is 0 Å². The second-order valence-electron chi connectivity index (χ2n) is 3.82. The molecular formula is C13H12N2S.